The Kier molecular flexibility index (Phi) is 5.49. The number of hydrogen-bond acceptors (Lipinski definition) is 5. The Labute approximate surface area is 180 Å². The second-order valence-electron chi connectivity index (χ2n) is 9.10. The molecule has 1 aromatic carbocycles. The van der Waals surface area contributed by atoms with E-state index in [-0.39, 0.29) is 23.4 Å². The van der Waals surface area contributed by atoms with Gasteiger partial charge >= 0.3 is 0 Å². The van der Waals surface area contributed by atoms with Crippen molar-refractivity contribution >= 4 is 33.1 Å². The fraction of sp³-hybridized carbons (Fsp3) is 0.478. The predicted molar refractivity (Wildman–Crippen MR) is 121 cm³/mol. The van der Waals surface area contributed by atoms with E-state index in [9.17, 15) is 9.59 Å². The molecule has 1 atom stereocenters. The molecule has 6 nitrogen and oxygen atoms in total. The van der Waals surface area contributed by atoms with Gasteiger partial charge in [-0.15, -0.1) is 16.4 Å². The molecule has 2 aromatic heterocycles. The van der Waals surface area contributed by atoms with Gasteiger partial charge in [0.1, 0.15) is 6.54 Å². The largest absolute Gasteiger partial charge is 0.324 e. The highest BCUT2D eigenvalue weighted by molar-refractivity contribution is 7.18. The predicted octanol–water partition coefficient (Wildman–Crippen LogP) is 4.21. The van der Waals surface area contributed by atoms with Crippen LogP contribution in [-0.2, 0) is 30.6 Å². The molecule has 2 heterocycles. The third-order valence-electron chi connectivity index (χ3n) is 6.13. The van der Waals surface area contributed by atoms with Crippen molar-refractivity contribution in [1.29, 1.82) is 0 Å². The van der Waals surface area contributed by atoms with Crippen molar-refractivity contribution in [2.45, 2.75) is 59.9 Å². The maximum absolute atomic E-state index is 13.1. The van der Waals surface area contributed by atoms with Crippen LogP contribution in [0.3, 0.4) is 0 Å². The van der Waals surface area contributed by atoms with E-state index in [2.05, 4.69) is 36.4 Å². The third kappa shape index (κ3) is 3.90. The van der Waals surface area contributed by atoms with E-state index in [0.717, 1.165) is 42.5 Å². The lowest BCUT2D eigenvalue weighted by Gasteiger charge is -2.33. The van der Waals surface area contributed by atoms with Crippen LogP contribution in [0.2, 0.25) is 0 Å². The second-order valence-corrected chi connectivity index (χ2v) is 10.2. The third-order valence-corrected chi connectivity index (χ3v) is 7.27. The van der Waals surface area contributed by atoms with Crippen molar-refractivity contribution in [3.05, 3.63) is 50.6 Å². The van der Waals surface area contributed by atoms with Crippen molar-refractivity contribution in [3.63, 3.8) is 0 Å². The summed E-state index contributed by atoms with van der Waals surface area (Å²) >= 11 is 1.58. The van der Waals surface area contributed by atoms with Crippen LogP contribution in [0.25, 0.3) is 10.2 Å². The van der Waals surface area contributed by atoms with Crippen molar-refractivity contribution in [3.8, 4) is 0 Å². The van der Waals surface area contributed by atoms with E-state index >= 15 is 0 Å². The molecule has 1 aliphatic carbocycles. The summed E-state index contributed by atoms with van der Waals surface area (Å²) in [7, 11) is 0. The SMILES string of the molecule is CCc1ccccc1NC(=O)Cn1nnc2sc3c(c2c1=O)CC[C@H](C(C)(C)C)C3. The second kappa shape index (κ2) is 7.95. The van der Waals surface area contributed by atoms with Gasteiger partial charge in [0.25, 0.3) is 5.56 Å². The molecule has 0 saturated heterocycles. The summed E-state index contributed by atoms with van der Waals surface area (Å²) in [6.07, 6.45) is 3.75. The number of para-hydroxylation sites is 1. The zero-order valence-corrected chi connectivity index (χ0v) is 18.8. The summed E-state index contributed by atoms with van der Waals surface area (Å²) in [4.78, 5) is 27.7. The molecule has 0 unspecified atom stereocenters. The van der Waals surface area contributed by atoms with Crippen LogP contribution in [0, 0.1) is 11.3 Å². The first-order valence-corrected chi connectivity index (χ1v) is 11.4. The van der Waals surface area contributed by atoms with E-state index in [1.165, 1.54) is 9.56 Å². The van der Waals surface area contributed by atoms with E-state index in [1.807, 2.05) is 31.2 Å². The number of thiophene rings is 1. The summed E-state index contributed by atoms with van der Waals surface area (Å²) in [6, 6.07) is 7.68. The topological polar surface area (TPSA) is 76.9 Å². The van der Waals surface area contributed by atoms with Crippen molar-refractivity contribution in [1.82, 2.24) is 15.0 Å². The van der Waals surface area contributed by atoms with Gasteiger partial charge < -0.3 is 5.32 Å². The van der Waals surface area contributed by atoms with Crippen molar-refractivity contribution in [2.75, 3.05) is 5.32 Å². The van der Waals surface area contributed by atoms with Gasteiger partial charge in [0.05, 0.1) is 5.39 Å². The highest BCUT2D eigenvalue weighted by atomic mass is 32.1. The molecule has 0 fully saturated rings. The quantitative estimate of drug-likeness (QED) is 0.681. The summed E-state index contributed by atoms with van der Waals surface area (Å²) in [5.74, 6) is 0.321. The lowest BCUT2D eigenvalue weighted by molar-refractivity contribution is -0.117. The van der Waals surface area contributed by atoms with Gasteiger partial charge in [0.15, 0.2) is 4.83 Å². The molecule has 1 N–H and O–H groups in total. The average Bonchev–Trinajstić information content (AvgIpc) is 3.08. The zero-order chi connectivity index (χ0) is 21.5. The molecule has 4 rings (SSSR count). The maximum Gasteiger partial charge on any atom is 0.279 e. The Morgan fingerprint density at radius 1 is 1.30 bits per heavy atom. The van der Waals surface area contributed by atoms with Gasteiger partial charge in [-0.2, -0.15) is 0 Å². The number of aryl methyl sites for hydroxylation is 2. The molecular formula is C23H28N4O2S. The number of carbonyl (C=O) groups excluding carboxylic acids is 1. The molecule has 3 aromatic rings. The number of amides is 1. The number of fused-ring (bicyclic) bond motifs is 3. The first-order chi connectivity index (χ1) is 14.3. The fourth-order valence-corrected chi connectivity index (χ4v) is 5.48. The Bertz CT molecular complexity index is 1160. The summed E-state index contributed by atoms with van der Waals surface area (Å²) in [6.45, 7) is 8.72. The van der Waals surface area contributed by atoms with E-state index in [4.69, 9.17) is 0 Å². The first kappa shape index (κ1) is 20.7. The molecule has 1 amide bonds. The average molecular weight is 425 g/mol. The van der Waals surface area contributed by atoms with Gasteiger partial charge in [-0.3, -0.25) is 9.59 Å². The Morgan fingerprint density at radius 2 is 2.07 bits per heavy atom. The van der Waals surface area contributed by atoms with Crippen LogP contribution >= 0.6 is 11.3 Å². The smallest absolute Gasteiger partial charge is 0.279 e. The van der Waals surface area contributed by atoms with Gasteiger partial charge in [-0.1, -0.05) is 51.1 Å². The fourth-order valence-electron chi connectivity index (χ4n) is 4.25. The van der Waals surface area contributed by atoms with Crippen LogP contribution in [0.1, 0.15) is 50.1 Å². The lowest BCUT2D eigenvalue weighted by Crippen LogP contribution is -2.31. The highest BCUT2D eigenvalue weighted by Gasteiger charge is 2.32. The molecular weight excluding hydrogens is 396 g/mol. The number of rotatable bonds is 4. The van der Waals surface area contributed by atoms with Gasteiger partial charge in [-0.25, -0.2) is 4.68 Å². The van der Waals surface area contributed by atoms with Crippen molar-refractivity contribution in [2.24, 2.45) is 11.3 Å². The van der Waals surface area contributed by atoms with Gasteiger partial charge in [-0.05, 0) is 54.2 Å². The molecule has 0 bridgehead atoms. The number of aromatic nitrogens is 3. The summed E-state index contributed by atoms with van der Waals surface area (Å²) in [5, 5.41) is 11.9. The van der Waals surface area contributed by atoms with E-state index < -0.39 is 0 Å². The number of benzene rings is 1. The minimum Gasteiger partial charge on any atom is -0.324 e. The molecule has 0 aliphatic heterocycles. The number of hydrogen-bond donors (Lipinski definition) is 1. The Hall–Kier alpha value is -2.54. The summed E-state index contributed by atoms with van der Waals surface area (Å²) < 4.78 is 1.19. The lowest BCUT2D eigenvalue weighted by atomic mass is 9.72. The molecule has 1 aliphatic rings. The number of anilines is 1. The molecule has 0 saturated carbocycles. The van der Waals surface area contributed by atoms with Gasteiger partial charge in [0.2, 0.25) is 5.91 Å². The minimum absolute atomic E-state index is 0.144. The van der Waals surface area contributed by atoms with Crippen LogP contribution in [0.15, 0.2) is 29.1 Å². The van der Waals surface area contributed by atoms with Crippen LogP contribution in [0.4, 0.5) is 5.69 Å². The van der Waals surface area contributed by atoms with Crippen LogP contribution in [0.5, 0.6) is 0 Å². The zero-order valence-electron chi connectivity index (χ0n) is 18.0. The number of nitrogens with one attached hydrogen (secondary N) is 1. The Balaban J connectivity index is 1.60. The van der Waals surface area contributed by atoms with Gasteiger partial charge in [0, 0.05) is 10.6 Å². The molecule has 158 valence electrons. The molecule has 30 heavy (non-hydrogen) atoms. The maximum atomic E-state index is 13.1. The van der Waals surface area contributed by atoms with Crippen molar-refractivity contribution < 1.29 is 4.79 Å². The summed E-state index contributed by atoms with van der Waals surface area (Å²) in [5.41, 5.74) is 2.96. The monoisotopic (exact) mass is 424 g/mol. The van der Waals surface area contributed by atoms with E-state index in [0.29, 0.717) is 16.1 Å². The number of nitrogens with zero attached hydrogens (tertiary/aromatic N) is 3. The Morgan fingerprint density at radius 3 is 2.80 bits per heavy atom. The standard InChI is InChI=1S/C23H28N4O2S/c1-5-14-8-6-7-9-17(14)24-19(28)13-27-22(29)20-16-11-10-15(23(2,3)4)12-18(16)30-21(20)25-26-27/h6-9,15H,5,10-13H2,1-4H3,(H,24,28)/t15-/m0/s1. The molecule has 0 spiro atoms. The van der Waals surface area contributed by atoms with Crippen LogP contribution < -0.4 is 10.9 Å². The number of carbonyl (C=O) groups is 1. The highest BCUT2D eigenvalue weighted by Crippen LogP contribution is 2.41. The first-order valence-electron chi connectivity index (χ1n) is 10.5. The molecule has 7 heteroatoms. The minimum atomic E-state index is -0.274. The van der Waals surface area contributed by atoms with Crippen LogP contribution in [-0.4, -0.2) is 20.9 Å². The normalized spacial score (nSPS) is 16.5. The molecule has 0 radical (unpaired) electrons. The van der Waals surface area contributed by atoms with E-state index in [1.54, 1.807) is 11.3 Å².